The van der Waals surface area contributed by atoms with Crippen LogP contribution in [0.5, 0.6) is 5.75 Å². The molecule has 2 atom stereocenters. The molecule has 1 aromatic carbocycles. The zero-order valence-corrected chi connectivity index (χ0v) is 10.9. The number of hydrogen-bond donors (Lipinski definition) is 1. The maximum absolute atomic E-state index is 10.7. The number of nitro groups is 1. The van der Waals surface area contributed by atoms with Crippen LogP contribution in [0.15, 0.2) is 24.3 Å². The van der Waals surface area contributed by atoms with E-state index in [1.54, 1.807) is 19.1 Å². The van der Waals surface area contributed by atoms with Crippen LogP contribution in [0, 0.1) is 10.1 Å². The Balaban J connectivity index is 2.12. The Kier molecular flexibility index (Phi) is 4.34. The van der Waals surface area contributed by atoms with Crippen molar-refractivity contribution in [2.24, 2.45) is 0 Å². The first-order valence-electron chi connectivity index (χ1n) is 6.41. The van der Waals surface area contributed by atoms with Gasteiger partial charge in [-0.3, -0.25) is 15.0 Å². The second-order valence-electron chi connectivity index (χ2n) is 4.75. The average molecular weight is 266 g/mol. The molecule has 0 bridgehead atoms. The van der Waals surface area contributed by atoms with Crippen LogP contribution < -0.4 is 4.74 Å². The first-order valence-corrected chi connectivity index (χ1v) is 6.41. The van der Waals surface area contributed by atoms with Crippen molar-refractivity contribution in [2.75, 3.05) is 13.1 Å². The molecular formula is C13H18N2O4. The molecule has 0 amide bonds. The quantitative estimate of drug-likeness (QED) is 0.649. The molecule has 1 heterocycles. The van der Waals surface area contributed by atoms with E-state index in [2.05, 4.69) is 4.90 Å². The van der Waals surface area contributed by atoms with Gasteiger partial charge in [-0.25, -0.2) is 0 Å². The molecule has 2 rings (SSSR count). The maximum Gasteiger partial charge on any atom is 0.273 e. The number of ether oxygens (including phenoxy) is 1. The molecule has 104 valence electrons. The molecule has 0 saturated carbocycles. The molecule has 1 N–H and O–H groups in total. The molecule has 0 aliphatic carbocycles. The van der Waals surface area contributed by atoms with E-state index < -0.39 is 17.3 Å². The fourth-order valence-corrected chi connectivity index (χ4v) is 2.28. The maximum atomic E-state index is 10.7. The van der Waals surface area contributed by atoms with Gasteiger partial charge in [0.15, 0.2) is 6.23 Å². The van der Waals surface area contributed by atoms with E-state index in [1.165, 1.54) is 12.1 Å². The average Bonchev–Trinajstić information content (AvgIpc) is 2.89. The van der Waals surface area contributed by atoms with Gasteiger partial charge in [0.05, 0.1) is 11.0 Å². The van der Waals surface area contributed by atoms with Gasteiger partial charge in [0, 0.05) is 19.2 Å². The van der Waals surface area contributed by atoms with Crippen LogP contribution in [0.2, 0.25) is 0 Å². The van der Waals surface area contributed by atoms with Crippen molar-refractivity contribution in [1.29, 1.82) is 0 Å². The van der Waals surface area contributed by atoms with E-state index in [4.69, 9.17) is 4.74 Å². The van der Waals surface area contributed by atoms with Crippen LogP contribution in [0.1, 0.15) is 19.8 Å². The highest BCUT2D eigenvalue weighted by molar-refractivity contribution is 5.38. The minimum Gasteiger partial charge on any atom is -0.472 e. The van der Waals surface area contributed by atoms with Gasteiger partial charge < -0.3 is 9.84 Å². The third-order valence-corrected chi connectivity index (χ3v) is 3.20. The Hall–Kier alpha value is -1.66. The number of benzene rings is 1. The monoisotopic (exact) mass is 266 g/mol. The normalized spacial score (nSPS) is 19.1. The summed E-state index contributed by atoms with van der Waals surface area (Å²) in [5.74, 6) is 0.409. The summed E-state index contributed by atoms with van der Waals surface area (Å²) in [7, 11) is 0. The van der Waals surface area contributed by atoms with Crippen molar-refractivity contribution >= 4 is 5.69 Å². The fraction of sp³-hybridized carbons (Fsp3) is 0.538. The lowest BCUT2D eigenvalue weighted by atomic mass is 10.3. The molecule has 0 radical (unpaired) electrons. The van der Waals surface area contributed by atoms with Crippen molar-refractivity contribution in [1.82, 2.24) is 4.90 Å². The molecule has 1 saturated heterocycles. The van der Waals surface area contributed by atoms with Crippen molar-refractivity contribution in [3.05, 3.63) is 34.4 Å². The number of hydrogen-bond acceptors (Lipinski definition) is 5. The Labute approximate surface area is 111 Å². The predicted octanol–water partition coefficient (Wildman–Crippen LogP) is 1.78. The summed E-state index contributed by atoms with van der Waals surface area (Å²) in [4.78, 5) is 12.3. The van der Waals surface area contributed by atoms with Crippen LogP contribution >= 0.6 is 0 Å². The summed E-state index contributed by atoms with van der Waals surface area (Å²) in [6.45, 7) is 3.43. The van der Waals surface area contributed by atoms with Gasteiger partial charge in [0.1, 0.15) is 11.9 Å². The van der Waals surface area contributed by atoms with Gasteiger partial charge in [-0.15, -0.1) is 0 Å². The molecule has 6 nitrogen and oxygen atoms in total. The van der Waals surface area contributed by atoms with Crippen molar-refractivity contribution < 1.29 is 14.8 Å². The minimum absolute atomic E-state index is 0.0109. The van der Waals surface area contributed by atoms with E-state index >= 15 is 0 Å². The molecule has 0 spiro atoms. The number of likely N-dealkylation sites (tertiary alicyclic amines) is 1. The summed E-state index contributed by atoms with van der Waals surface area (Å²) < 4.78 is 5.72. The zero-order valence-electron chi connectivity index (χ0n) is 10.9. The van der Waals surface area contributed by atoms with Crippen LogP contribution in [-0.2, 0) is 0 Å². The van der Waals surface area contributed by atoms with Gasteiger partial charge in [-0.2, -0.15) is 0 Å². The molecular weight excluding hydrogens is 248 g/mol. The van der Waals surface area contributed by atoms with E-state index in [9.17, 15) is 15.2 Å². The molecule has 1 fully saturated rings. The van der Waals surface area contributed by atoms with E-state index in [0.717, 1.165) is 25.9 Å². The van der Waals surface area contributed by atoms with Crippen molar-refractivity contribution in [2.45, 2.75) is 32.1 Å². The number of nitro benzene ring substituents is 1. The molecule has 1 aromatic rings. The van der Waals surface area contributed by atoms with E-state index in [1.807, 2.05) is 0 Å². The van der Waals surface area contributed by atoms with Crippen LogP contribution in [-0.4, -0.2) is 40.4 Å². The Morgan fingerprint density at radius 1 is 1.42 bits per heavy atom. The third-order valence-electron chi connectivity index (χ3n) is 3.20. The zero-order chi connectivity index (χ0) is 13.8. The minimum atomic E-state index is -0.655. The number of non-ortho nitro benzene ring substituents is 1. The summed E-state index contributed by atoms with van der Waals surface area (Å²) in [6.07, 6.45) is 1.06. The molecule has 1 aliphatic rings. The van der Waals surface area contributed by atoms with Crippen LogP contribution in [0.4, 0.5) is 5.69 Å². The van der Waals surface area contributed by atoms with E-state index in [-0.39, 0.29) is 5.69 Å². The summed E-state index contributed by atoms with van der Waals surface area (Å²) >= 11 is 0. The van der Waals surface area contributed by atoms with Crippen LogP contribution in [0.25, 0.3) is 0 Å². The lowest BCUT2D eigenvalue weighted by Gasteiger charge is -2.30. The third kappa shape index (κ3) is 3.42. The topological polar surface area (TPSA) is 75.8 Å². The van der Waals surface area contributed by atoms with Gasteiger partial charge in [0.2, 0.25) is 0 Å². The second kappa shape index (κ2) is 5.99. The number of aliphatic hydroxyl groups excluding tert-OH is 1. The molecule has 2 unspecified atom stereocenters. The van der Waals surface area contributed by atoms with Gasteiger partial charge in [-0.1, -0.05) is 6.07 Å². The van der Waals surface area contributed by atoms with Gasteiger partial charge >= 0.3 is 0 Å². The number of nitrogens with zero attached hydrogens (tertiary/aromatic N) is 2. The fourth-order valence-electron chi connectivity index (χ4n) is 2.28. The molecule has 6 heteroatoms. The predicted molar refractivity (Wildman–Crippen MR) is 70.0 cm³/mol. The van der Waals surface area contributed by atoms with Gasteiger partial charge in [-0.05, 0) is 25.8 Å². The Morgan fingerprint density at radius 3 is 2.68 bits per heavy atom. The molecule has 0 aromatic heterocycles. The Bertz CT molecular complexity index is 444. The molecule has 19 heavy (non-hydrogen) atoms. The highest BCUT2D eigenvalue weighted by atomic mass is 16.6. The van der Waals surface area contributed by atoms with Crippen molar-refractivity contribution in [3.8, 4) is 5.75 Å². The highest BCUT2D eigenvalue weighted by Crippen LogP contribution is 2.23. The Morgan fingerprint density at radius 2 is 2.11 bits per heavy atom. The first-order chi connectivity index (χ1) is 9.08. The standard InChI is InChI=1S/C13H18N2O4/c1-10(16)13(14-7-2-3-8-14)19-12-6-4-5-11(9-12)15(17)18/h4-6,9-10,13,16H,2-3,7-8H2,1H3. The molecule has 1 aliphatic heterocycles. The van der Waals surface area contributed by atoms with E-state index in [0.29, 0.717) is 5.75 Å². The number of aliphatic hydroxyl groups is 1. The summed E-state index contributed by atoms with van der Waals surface area (Å²) in [5, 5.41) is 20.5. The first kappa shape index (κ1) is 13.8. The second-order valence-corrected chi connectivity index (χ2v) is 4.75. The smallest absolute Gasteiger partial charge is 0.273 e. The SMILES string of the molecule is CC(O)C(Oc1cccc([N+](=O)[O-])c1)N1CCCC1. The van der Waals surface area contributed by atoms with Crippen LogP contribution in [0.3, 0.4) is 0 Å². The summed E-state index contributed by atoms with van der Waals surface area (Å²) in [6, 6.07) is 6.04. The lowest BCUT2D eigenvalue weighted by Crippen LogP contribution is -2.45. The largest absolute Gasteiger partial charge is 0.472 e. The van der Waals surface area contributed by atoms with Crippen molar-refractivity contribution in [3.63, 3.8) is 0 Å². The van der Waals surface area contributed by atoms with Gasteiger partial charge in [0.25, 0.3) is 5.69 Å². The number of rotatable bonds is 5. The summed E-state index contributed by atoms with van der Waals surface area (Å²) in [5.41, 5.74) is -0.0109. The lowest BCUT2D eigenvalue weighted by molar-refractivity contribution is -0.385. The highest BCUT2D eigenvalue weighted by Gasteiger charge is 2.27.